The maximum atomic E-state index is 12.7. The molecule has 1 aromatic carbocycles. The van der Waals surface area contributed by atoms with Crippen LogP contribution in [0.25, 0.3) is 0 Å². The van der Waals surface area contributed by atoms with E-state index >= 15 is 0 Å². The Balaban J connectivity index is 1.60. The van der Waals surface area contributed by atoms with Crippen LogP contribution < -0.4 is 10.2 Å². The van der Waals surface area contributed by atoms with Crippen LogP contribution in [0.3, 0.4) is 0 Å². The summed E-state index contributed by atoms with van der Waals surface area (Å²) in [7, 11) is 2.17. The molecule has 156 valence electrons. The highest BCUT2D eigenvalue weighted by atomic mass is 16.2. The Morgan fingerprint density at radius 2 is 1.66 bits per heavy atom. The number of rotatable bonds is 8. The maximum Gasteiger partial charge on any atom is 0.255 e. The molecule has 6 heteroatoms. The number of pyridine rings is 1. The molecule has 2 heterocycles. The Hall–Kier alpha value is -2.60. The van der Waals surface area contributed by atoms with Crippen molar-refractivity contribution in [3.05, 3.63) is 48.2 Å². The summed E-state index contributed by atoms with van der Waals surface area (Å²) in [5, 5.41) is 3.32. The van der Waals surface area contributed by atoms with E-state index in [1.165, 1.54) is 5.69 Å². The molecule has 1 aliphatic heterocycles. The van der Waals surface area contributed by atoms with Crippen molar-refractivity contribution < 1.29 is 4.79 Å². The highest BCUT2D eigenvalue weighted by molar-refractivity contribution is 5.94. The van der Waals surface area contributed by atoms with Gasteiger partial charge >= 0.3 is 0 Å². The summed E-state index contributed by atoms with van der Waals surface area (Å²) in [6.07, 6.45) is 3.59. The van der Waals surface area contributed by atoms with E-state index < -0.39 is 0 Å². The standard InChI is InChI=1S/C23H33N5O/c1-4-12-28(13-5-2)23(29)19-6-11-22(24-18-19)25-20-7-9-21(10-8-20)27-16-14-26(3)15-17-27/h6-11,18H,4-5,12-17H2,1-3H3,(H,24,25). The molecule has 6 nitrogen and oxygen atoms in total. The van der Waals surface area contributed by atoms with E-state index in [9.17, 15) is 4.79 Å². The van der Waals surface area contributed by atoms with Gasteiger partial charge in [-0.2, -0.15) is 0 Å². The lowest BCUT2D eigenvalue weighted by Crippen LogP contribution is -2.44. The molecular formula is C23H33N5O. The molecule has 1 aromatic heterocycles. The lowest BCUT2D eigenvalue weighted by atomic mass is 10.2. The molecular weight excluding hydrogens is 362 g/mol. The molecule has 0 atom stereocenters. The third-order valence-electron chi connectivity index (χ3n) is 5.29. The number of piperazine rings is 1. The largest absolute Gasteiger partial charge is 0.369 e. The molecule has 0 bridgehead atoms. The Labute approximate surface area is 174 Å². The molecule has 1 fully saturated rings. The van der Waals surface area contributed by atoms with Gasteiger partial charge in [-0.15, -0.1) is 0 Å². The van der Waals surface area contributed by atoms with Crippen molar-refractivity contribution >= 4 is 23.1 Å². The number of anilines is 3. The van der Waals surface area contributed by atoms with Crippen LogP contribution >= 0.6 is 0 Å². The maximum absolute atomic E-state index is 12.7. The van der Waals surface area contributed by atoms with E-state index in [1.807, 2.05) is 17.0 Å². The number of amides is 1. The number of carbonyl (C=O) groups is 1. The van der Waals surface area contributed by atoms with Crippen molar-refractivity contribution in [3.63, 3.8) is 0 Å². The number of carbonyl (C=O) groups excluding carboxylic acids is 1. The number of nitrogens with zero attached hydrogens (tertiary/aromatic N) is 4. The van der Waals surface area contributed by atoms with Crippen molar-refractivity contribution in [2.75, 3.05) is 56.5 Å². The lowest BCUT2D eigenvalue weighted by Gasteiger charge is -2.34. The zero-order valence-electron chi connectivity index (χ0n) is 17.9. The fourth-order valence-electron chi connectivity index (χ4n) is 3.60. The minimum absolute atomic E-state index is 0.0595. The highest BCUT2D eigenvalue weighted by Crippen LogP contribution is 2.21. The average Bonchev–Trinajstić information content (AvgIpc) is 2.75. The first-order valence-corrected chi connectivity index (χ1v) is 10.7. The molecule has 0 unspecified atom stereocenters. The second kappa shape index (κ2) is 10.3. The summed E-state index contributed by atoms with van der Waals surface area (Å²) in [6.45, 7) is 10.1. The normalized spacial score (nSPS) is 14.7. The monoisotopic (exact) mass is 395 g/mol. The van der Waals surface area contributed by atoms with Gasteiger partial charge < -0.3 is 20.0 Å². The van der Waals surface area contributed by atoms with Crippen LogP contribution in [0.1, 0.15) is 37.0 Å². The smallest absolute Gasteiger partial charge is 0.255 e. The third kappa shape index (κ3) is 5.70. The van der Waals surface area contributed by atoms with Crippen molar-refractivity contribution in [3.8, 4) is 0 Å². The lowest BCUT2D eigenvalue weighted by molar-refractivity contribution is 0.0755. The van der Waals surface area contributed by atoms with Crippen LogP contribution in [0.15, 0.2) is 42.6 Å². The second-order valence-corrected chi connectivity index (χ2v) is 7.69. The second-order valence-electron chi connectivity index (χ2n) is 7.69. The number of nitrogens with one attached hydrogen (secondary N) is 1. The topological polar surface area (TPSA) is 51.7 Å². The molecule has 1 saturated heterocycles. The van der Waals surface area contributed by atoms with Crippen molar-refractivity contribution in [1.29, 1.82) is 0 Å². The van der Waals surface area contributed by atoms with E-state index in [4.69, 9.17) is 0 Å². The van der Waals surface area contributed by atoms with E-state index in [1.54, 1.807) is 6.20 Å². The number of benzene rings is 1. The predicted octanol–water partition coefficient (Wildman–Crippen LogP) is 3.84. The minimum atomic E-state index is 0.0595. The van der Waals surface area contributed by atoms with Crippen molar-refractivity contribution in [1.82, 2.24) is 14.8 Å². The summed E-state index contributed by atoms with van der Waals surface area (Å²) in [4.78, 5) is 23.8. The highest BCUT2D eigenvalue weighted by Gasteiger charge is 2.15. The van der Waals surface area contributed by atoms with Crippen molar-refractivity contribution in [2.45, 2.75) is 26.7 Å². The molecule has 0 saturated carbocycles. The fraction of sp³-hybridized carbons (Fsp3) is 0.478. The van der Waals surface area contributed by atoms with Crippen LogP contribution in [0.4, 0.5) is 17.2 Å². The zero-order chi connectivity index (χ0) is 20.6. The Morgan fingerprint density at radius 3 is 2.21 bits per heavy atom. The summed E-state index contributed by atoms with van der Waals surface area (Å²) in [5.41, 5.74) is 2.89. The van der Waals surface area contributed by atoms with Crippen LogP contribution in [0.2, 0.25) is 0 Å². The van der Waals surface area contributed by atoms with Crippen LogP contribution in [-0.4, -0.2) is 67.0 Å². The number of likely N-dealkylation sites (N-methyl/N-ethyl adjacent to an activating group) is 1. The van der Waals surface area contributed by atoms with Gasteiger partial charge in [0.25, 0.3) is 5.91 Å². The van der Waals surface area contributed by atoms with Gasteiger partial charge in [-0.05, 0) is 56.3 Å². The Bertz CT molecular complexity index is 761. The predicted molar refractivity (Wildman–Crippen MR) is 120 cm³/mol. The van der Waals surface area contributed by atoms with Gasteiger partial charge in [0.05, 0.1) is 5.56 Å². The zero-order valence-corrected chi connectivity index (χ0v) is 17.9. The first-order valence-electron chi connectivity index (χ1n) is 10.7. The van der Waals surface area contributed by atoms with Gasteiger partial charge in [0.1, 0.15) is 5.82 Å². The fourth-order valence-corrected chi connectivity index (χ4v) is 3.60. The molecule has 0 spiro atoms. The summed E-state index contributed by atoms with van der Waals surface area (Å²) >= 11 is 0. The first-order chi connectivity index (χ1) is 14.1. The number of aromatic nitrogens is 1. The minimum Gasteiger partial charge on any atom is -0.369 e. The number of hydrogen-bond donors (Lipinski definition) is 1. The van der Waals surface area contributed by atoms with Gasteiger partial charge in [0.2, 0.25) is 0 Å². The quantitative estimate of drug-likeness (QED) is 0.736. The van der Waals surface area contributed by atoms with Crippen LogP contribution in [0, 0.1) is 0 Å². The van der Waals surface area contributed by atoms with Gasteiger partial charge in [-0.25, -0.2) is 4.98 Å². The Morgan fingerprint density at radius 1 is 1.00 bits per heavy atom. The number of hydrogen-bond acceptors (Lipinski definition) is 5. The molecule has 1 aliphatic rings. The van der Waals surface area contributed by atoms with Gasteiger partial charge in [-0.1, -0.05) is 13.8 Å². The summed E-state index contributed by atoms with van der Waals surface area (Å²) < 4.78 is 0. The SMILES string of the molecule is CCCN(CCC)C(=O)c1ccc(Nc2ccc(N3CCN(C)CC3)cc2)nc1. The van der Waals surface area contributed by atoms with Crippen molar-refractivity contribution in [2.24, 2.45) is 0 Å². The summed E-state index contributed by atoms with van der Waals surface area (Å²) in [5.74, 6) is 0.802. The third-order valence-corrected chi connectivity index (χ3v) is 5.29. The van der Waals surface area contributed by atoms with E-state index in [0.717, 1.165) is 63.6 Å². The van der Waals surface area contributed by atoms with E-state index in [-0.39, 0.29) is 5.91 Å². The Kier molecular flexibility index (Phi) is 7.47. The molecule has 0 aliphatic carbocycles. The average molecular weight is 396 g/mol. The van der Waals surface area contributed by atoms with Crippen LogP contribution in [-0.2, 0) is 0 Å². The molecule has 29 heavy (non-hydrogen) atoms. The molecule has 3 rings (SSSR count). The van der Waals surface area contributed by atoms with Gasteiger partial charge in [-0.3, -0.25) is 4.79 Å². The van der Waals surface area contributed by atoms with Gasteiger partial charge in [0, 0.05) is 56.8 Å². The molecule has 2 aromatic rings. The van der Waals surface area contributed by atoms with Crippen LogP contribution in [0.5, 0.6) is 0 Å². The molecule has 1 amide bonds. The van der Waals surface area contributed by atoms with E-state index in [2.05, 4.69) is 65.3 Å². The van der Waals surface area contributed by atoms with E-state index in [0.29, 0.717) is 5.56 Å². The summed E-state index contributed by atoms with van der Waals surface area (Å²) in [6, 6.07) is 12.2. The molecule has 0 radical (unpaired) electrons. The molecule has 1 N–H and O–H groups in total. The van der Waals surface area contributed by atoms with Gasteiger partial charge in [0.15, 0.2) is 0 Å². The first kappa shape index (κ1) is 21.1.